The predicted molar refractivity (Wildman–Crippen MR) is 112 cm³/mol. The van der Waals surface area contributed by atoms with Crippen LogP contribution in [0.3, 0.4) is 0 Å². The van der Waals surface area contributed by atoms with Gasteiger partial charge >= 0.3 is 6.18 Å². The fraction of sp³-hybridized carbons (Fsp3) is 0.348. The molecule has 0 amide bonds. The smallest absolute Gasteiger partial charge is 0.416 e. The number of rotatable bonds is 5. The normalized spacial score (nSPS) is 19.7. The Balaban J connectivity index is 1.28. The zero-order chi connectivity index (χ0) is 21.1. The Kier molecular flexibility index (Phi) is 6.16. The van der Waals surface area contributed by atoms with Crippen molar-refractivity contribution in [3.63, 3.8) is 0 Å². The van der Waals surface area contributed by atoms with Crippen LogP contribution in [0.2, 0.25) is 5.02 Å². The van der Waals surface area contributed by atoms with Crippen LogP contribution >= 0.6 is 11.6 Å². The molecule has 0 spiro atoms. The first kappa shape index (κ1) is 20.9. The molecule has 0 saturated heterocycles. The number of halogens is 4. The van der Waals surface area contributed by atoms with Crippen LogP contribution in [0.1, 0.15) is 36.8 Å². The van der Waals surface area contributed by atoms with E-state index in [0.29, 0.717) is 23.4 Å². The maximum absolute atomic E-state index is 12.7. The second kappa shape index (κ2) is 8.82. The van der Waals surface area contributed by atoms with E-state index in [1.165, 1.54) is 12.1 Å². The van der Waals surface area contributed by atoms with E-state index in [-0.39, 0.29) is 6.10 Å². The average Bonchev–Trinajstić information content (AvgIpc) is 2.73. The highest BCUT2D eigenvalue weighted by Gasteiger charge is 2.30. The van der Waals surface area contributed by atoms with E-state index in [1.54, 1.807) is 12.4 Å². The zero-order valence-corrected chi connectivity index (χ0v) is 17.0. The van der Waals surface area contributed by atoms with Gasteiger partial charge in [0.25, 0.3) is 0 Å². The summed E-state index contributed by atoms with van der Waals surface area (Å²) in [6, 6.07) is 11.4. The number of nitrogens with zero attached hydrogens (tertiary/aromatic N) is 1. The van der Waals surface area contributed by atoms with Gasteiger partial charge in [-0.2, -0.15) is 13.2 Å². The molecule has 1 fully saturated rings. The van der Waals surface area contributed by atoms with Gasteiger partial charge in [-0.3, -0.25) is 4.98 Å². The van der Waals surface area contributed by atoms with Gasteiger partial charge in [-0.05, 0) is 67.0 Å². The molecule has 1 aliphatic rings. The number of benzene rings is 2. The van der Waals surface area contributed by atoms with Gasteiger partial charge in [0.1, 0.15) is 5.75 Å². The van der Waals surface area contributed by atoms with Crippen molar-refractivity contribution in [3.8, 4) is 5.75 Å². The molecule has 0 aliphatic heterocycles. The third kappa shape index (κ3) is 5.05. The van der Waals surface area contributed by atoms with E-state index in [9.17, 15) is 13.2 Å². The lowest BCUT2D eigenvalue weighted by atomic mass is 9.92. The van der Waals surface area contributed by atoms with Crippen LogP contribution in [-0.2, 0) is 12.7 Å². The first-order chi connectivity index (χ1) is 14.4. The van der Waals surface area contributed by atoms with Crippen molar-refractivity contribution < 1.29 is 17.9 Å². The van der Waals surface area contributed by atoms with Gasteiger partial charge in [0.15, 0.2) is 0 Å². The van der Waals surface area contributed by atoms with Crippen LogP contribution in [0.15, 0.2) is 54.9 Å². The third-order valence-corrected chi connectivity index (χ3v) is 5.83. The molecule has 1 saturated carbocycles. The lowest BCUT2D eigenvalue weighted by Crippen LogP contribution is -2.36. The zero-order valence-electron chi connectivity index (χ0n) is 16.3. The Morgan fingerprint density at radius 1 is 1.00 bits per heavy atom. The Hall–Kier alpha value is -2.31. The highest BCUT2D eigenvalue weighted by atomic mass is 35.5. The summed E-state index contributed by atoms with van der Waals surface area (Å²) in [6.45, 7) is 0.554. The van der Waals surface area contributed by atoms with Gasteiger partial charge in [0.05, 0.1) is 16.7 Å². The van der Waals surface area contributed by atoms with E-state index in [1.807, 2.05) is 18.2 Å². The minimum atomic E-state index is -4.30. The van der Waals surface area contributed by atoms with Crippen molar-refractivity contribution in [2.75, 3.05) is 0 Å². The number of pyridine rings is 1. The van der Waals surface area contributed by atoms with Crippen molar-refractivity contribution in [3.05, 3.63) is 71.0 Å². The van der Waals surface area contributed by atoms with Gasteiger partial charge in [-0.1, -0.05) is 23.7 Å². The molecule has 1 N–H and O–H groups in total. The van der Waals surface area contributed by atoms with Gasteiger partial charge in [-0.15, -0.1) is 0 Å². The Morgan fingerprint density at radius 3 is 2.43 bits per heavy atom. The monoisotopic (exact) mass is 434 g/mol. The molecule has 30 heavy (non-hydrogen) atoms. The second-order valence-corrected chi connectivity index (χ2v) is 8.08. The van der Waals surface area contributed by atoms with Crippen LogP contribution in [0, 0.1) is 0 Å². The fourth-order valence-corrected chi connectivity index (χ4v) is 4.03. The van der Waals surface area contributed by atoms with E-state index < -0.39 is 11.7 Å². The molecule has 158 valence electrons. The molecule has 2 aromatic carbocycles. The van der Waals surface area contributed by atoms with Crippen LogP contribution in [0.5, 0.6) is 5.75 Å². The van der Waals surface area contributed by atoms with Crippen LogP contribution < -0.4 is 10.1 Å². The molecule has 0 unspecified atom stereocenters. The van der Waals surface area contributed by atoms with Gasteiger partial charge in [0, 0.05) is 30.4 Å². The lowest BCUT2D eigenvalue weighted by molar-refractivity contribution is -0.137. The van der Waals surface area contributed by atoms with Crippen LogP contribution in [0.25, 0.3) is 10.8 Å². The Bertz CT molecular complexity index is 999. The number of hydrogen-bond acceptors (Lipinski definition) is 3. The Morgan fingerprint density at radius 2 is 1.73 bits per heavy atom. The number of nitrogens with one attached hydrogen (secondary N) is 1. The molecule has 7 heteroatoms. The lowest BCUT2D eigenvalue weighted by Gasteiger charge is -2.30. The SMILES string of the molecule is FC(F)(F)c1ccc(CN[C@H]2CC[C@@H](Oc3cc4ccncc4cc3Cl)CC2)cc1. The summed E-state index contributed by atoms with van der Waals surface area (Å²) < 4.78 is 44.1. The molecule has 0 bridgehead atoms. The average molecular weight is 435 g/mol. The molecule has 4 rings (SSSR count). The summed E-state index contributed by atoms with van der Waals surface area (Å²) in [7, 11) is 0. The number of alkyl halides is 3. The molecule has 1 aliphatic carbocycles. The molecule has 3 aromatic rings. The quantitative estimate of drug-likeness (QED) is 0.505. The number of fused-ring (bicyclic) bond motifs is 1. The van der Waals surface area contributed by atoms with Crippen molar-refractivity contribution in [1.29, 1.82) is 0 Å². The van der Waals surface area contributed by atoms with Crippen molar-refractivity contribution in [1.82, 2.24) is 10.3 Å². The summed E-state index contributed by atoms with van der Waals surface area (Å²) >= 11 is 6.37. The topological polar surface area (TPSA) is 34.1 Å². The van der Waals surface area contributed by atoms with Crippen LogP contribution in [0.4, 0.5) is 13.2 Å². The van der Waals surface area contributed by atoms with E-state index >= 15 is 0 Å². The van der Waals surface area contributed by atoms with Crippen LogP contribution in [-0.4, -0.2) is 17.1 Å². The van der Waals surface area contributed by atoms with Gasteiger partial charge < -0.3 is 10.1 Å². The van der Waals surface area contributed by atoms with Gasteiger partial charge in [0.2, 0.25) is 0 Å². The van der Waals surface area contributed by atoms with Crippen molar-refractivity contribution >= 4 is 22.4 Å². The molecule has 1 aromatic heterocycles. The molecule has 0 radical (unpaired) electrons. The Labute approximate surface area is 178 Å². The summed E-state index contributed by atoms with van der Waals surface area (Å²) in [5.41, 5.74) is 0.228. The second-order valence-electron chi connectivity index (χ2n) is 7.67. The third-order valence-electron chi connectivity index (χ3n) is 5.54. The number of hydrogen-bond donors (Lipinski definition) is 1. The molecule has 1 heterocycles. The van der Waals surface area contributed by atoms with Crippen molar-refractivity contribution in [2.24, 2.45) is 0 Å². The minimum Gasteiger partial charge on any atom is -0.489 e. The highest BCUT2D eigenvalue weighted by Crippen LogP contribution is 2.33. The molecular formula is C23H22ClF3N2O. The largest absolute Gasteiger partial charge is 0.489 e. The van der Waals surface area contributed by atoms with E-state index in [2.05, 4.69) is 10.3 Å². The maximum Gasteiger partial charge on any atom is 0.416 e. The number of ether oxygens (including phenoxy) is 1. The molecular weight excluding hydrogens is 413 g/mol. The fourth-order valence-electron chi connectivity index (χ4n) is 3.82. The molecule has 3 nitrogen and oxygen atoms in total. The van der Waals surface area contributed by atoms with Crippen molar-refractivity contribution in [2.45, 2.75) is 50.6 Å². The maximum atomic E-state index is 12.7. The first-order valence-corrected chi connectivity index (χ1v) is 10.4. The van der Waals surface area contributed by atoms with Gasteiger partial charge in [-0.25, -0.2) is 0 Å². The highest BCUT2D eigenvalue weighted by molar-refractivity contribution is 6.32. The number of aromatic nitrogens is 1. The predicted octanol–water partition coefficient (Wildman–Crippen LogP) is 6.39. The summed E-state index contributed by atoms with van der Waals surface area (Å²) in [4.78, 5) is 4.11. The standard InChI is InChI=1S/C23H22ClF3N2O/c24-21-11-17-14-28-10-9-16(17)12-22(21)30-20-7-5-19(6-8-20)29-13-15-1-3-18(4-2-15)23(25,26)27/h1-4,9-12,14,19-20,29H,5-8,13H2/t19-,20+. The van der Waals surface area contributed by atoms with E-state index in [4.69, 9.17) is 16.3 Å². The summed E-state index contributed by atoms with van der Waals surface area (Å²) in [5, 5.41) is 6.04. The summed E-state index contributed by atoms with van der Waals surface area (Å²) in [5.74, 6) is 0.691. The minimum absolute atomic E-state index is 0.103. The first-order valence-electron chi connectivity index (χ1n) is 9.98. The summed E-state index contributed by atoms with van der Waals surface area (Å²) in [6.07, 6.45) is 3.01. The molecule has 0 atom stereocenters. The van der Waals surface area contributed by atoms with E-state index in [0.717, 1.165) is 54.2 Å².